The molecule has 0 saturated heterocycles. The Kier molecular flexibility index (Phi) is 4.51. The molecule has 0 aromatic carbocycles. The smallest absolute Gasteiger partial charge is 0.163 e. The van der Waals surface area contributed by atoms with Gasteiger partial charge in [0.15, 0.2) is 5.65 Å². The van der Waals surface area contributed by atoms with Crippen LogP contribution in [0.4, 0.5) is 0 Å². The predicted octanol–water partition coefficient (Wildman–Crippen LogP) is 3.76. The number of hydrogen-bond donors (Lipinski definition) is 0. The van der Waals surface area contributed by atoms with Crippen molar-refractivity contribution in [1.82, 2.24) is 19.6 Å². The molecule has 4 nitrogen and oxygen atoms in total. The maximum Gasteiger partial charge on any atom is 0.163 e. The quantitative estimate of drug-likeness (QED) is 0.761. The average Bonchev–Trinajstić information content (AvgIpc) is 2.90. The highest BCUT2D eigenvalue weighted by Crippen LogP contribution is 2.33. The molecule has 4 heteroatoms. The van der Waals surface area contributed by atoms with Gasteiger partial charge >= 0.3 is 0 Å². The summed E-state index contributed by atoms with van der Waals surface area (Å²) in [6.07, 6.45) is 10.9. The van der Waals surface area contributed by atoms with Crippen molar-refractivity contribution < 1.29 is 0 Å². The molecular formula is C15H24N4. The van der Waals surface area contributed by atoms with E-state index < -0.39 is 0 Å². The van der Waals surface area contributed by atoms with Gasteiger partial charge in [-0.05, 0) is 12.8 Å². The van der Waals surface area contributed by atoms with E-state index in [1.165, 1.54) is 38.5 Å². The number of rotatable bonds is 7. The Bertz CT molecular complexity index is 510. The summed E-state index contributed by atoms with van der Waals surface area (Å²) in [7, 11) is 0. The molecule has 2 rings (SSSR count). The van der Waals surface area contributed by atoms with Gasteiger partial charge in [0.1, 0.15) is 12.7 Å². The first kappa shape index (κ1) is 14.0. The molecule has 0 N–H and O–H groups in total. The molecule has 0 aliphatic heterocycles. The summed E-state index contributed by atoms with van der Waals surface area (Å²) in [6.45, 7) is 6.83. The Morgan fingerprint density at radius 3 is 2.42 bits per heavy atom. The Balaban J connectivity index is 2.29. The molecule has 0 aliphatic carbocycles. The van der Waals surface area contributed by atoms with Crippen LogP contribution in [-0.2, 0) is 5.41 Å². The number of nitrogens with zero attached hydrogens (tertiary/aromatic N) is 4. The zero-order valence-corrected chi connectivity index (χ0v) is 12.3. The van der Waals surface area contributed by atoms with Crippen molar-refractivity contribution in [3.05, 3.63) is 24.4 Å². The fourth-order valence-corrected chi connectivity index (χ4v) is 2.57. The maximum atomic E-state index is 4.64. The van der Waals surface area contributed by atoms with Crippen LogP contribution in [-0.4, -0.2) is 19.6 Å². The van der Waals surface area contributed by atoms with E-state index in [2.05, 4.69) is 42.0 Å². The number of unbranched alkanes of at least 4 members (excludes halogenated alkanes) is 2. The zero-order valence-electron chi connectivity index (χ0n) is 12.3. The van der Waals surface area contributed by atoms with Crippen LogP contribution in [0.3, 0.4) is 0 Å². The molecule has 0 aliphatic rings. The molecule has 2 aromatic heterocycles. The van der Waals surface area contributed by atoms with Crippen LogP contribution in [0.1, 0.15) is 65.0 Å². The fourth-order valence-electron chi connectivity index (χ4n) is 2.57. The van der Waals surface area contributed by atoms with E-state index in [0.29, 0.717) is 0 Å². The third-order valence-corrected chi connectivity index (χ3v) is 3.97. The molecule has 2 heterocycles. The van der Waals surface area contributed by atoms with Gasteiger partial charge in [-0.15, -0.1) is 10.2 Å². The number of fused-ring (bicyclic) bond motifs is 1. The molecule has 2 aromatic rings. The van der Waals surface area contributed by atoms with Gasteiger partial charge in [0, 0.05) is 11.5 Å². The summed E-state index contributed by atoms with van der Waals surface area (Å²) in [5.41, 5.74) is 2.22. The second kappa shape index (κ2) is 6.13. The van der Waals surface area contributed by atoms with E-state index >= 15 is 0 Å². The summed E-state index contributed by atoms with van der Waals surface area (Å²) >= 11 is 0. The minimum Gasteiger partial charge on any atom is -0.272 e. The van der Waals surface area contributed by atoms with Crippen LogP contribution in [0.5, 0.6) is 0 Å². The lowest BCUT2D eigenvalue weighted by Gasteiger charge is -2.29. The highest BCUT2D eigenvalue weighted by Gasteiger charge is 2.27. The first-order chi connectivity index (χ1) is 9.19. The third kappa shape index (κ3) is 3.11. The summed E-state index contributed by atoms with van der Waals surface area (Å²) in [5, 5.41) is 8.05. The molecule has 104 valence electrons. The standard InChI is InChI=1S/C15H24N4/c1-4-6-8-15(3,9-7-5-2)13-10-14-18-17-12-19(14)11-16-13/h10-12H,4-9H2,1-3H3. The SMILES string of the molecule is CCCCC(C)(CCCC)c1cc2nncn2cn1. The van der Waals surface area contributed by atoms with Crippen molar-refractivity contribution in [3.8, 4) is 0 Å². The second-order valence-electron chi connectivity index (χ2n) is 5.64. The van der Waals surface area contributed by atoms with E-state index in [0.717, 1.165) is 11.3 Å². The third-order valence-electron chi connectivity index (χ3n) is 3.97. The molecule has 0 spiro atoms. The van der Waals surface area contributed by atoms with E-state index in [1.807, 2.05) is 10.7 Å². The monoisotopic (exact) mass is 260 g/mol. The highest BCUT2D eigenvalue weighted by atomic mass is 15.2. The molecule has 0 atom stereocenters. The molecule has 0 radical (unpaired) electrons. The molecule has 0 fully saturated rings. The van der Waals surface area contributed by atoms with Gasteiger partial charge in [-0.25, -0.2) is 4.98 Å². The minimum absolute atomic E-state index is 0.166. The lowest BCUT2D eigenvalue weighted by Crippen LogP contribution is -2.23. The molecule has 0 saturated carbocycles. The van der Waals surface area contributed by atoms with Crippen molar-refractivity contribution in [2.75, 3.05) is 0 Å². The fraction of sp³-hybridized carbons (Fsp3) is 0.667. The Morgan fingerprint density at radius 1 is 1.11 bits per heavy atom. The topological polar surface area (TPSA) is 43.1 Å². The zero-order chi connectivity index (χ0) is 13.7. The van der Waals surface area contributed by atoms with Gasteiger partial charge in [-0.1, -0.05) is 46.5 Å². The van der Waals surface area contributed by atoms with Gasteiger partial charge in [-0.2, -0.15) is 0 Å². The van der Waals surface area contributed by atoms with E-state index in [9.17, 15) is 0 Å². The molecule has 0 bridgehead atoms. The van der Waals surface area contributed by atoms with E-state index in [-0.39, 0.29) is 5.41 Å². The maximum absolute atomic E-state index is 4.64. The lowest BCUT2D eigenvalue weighted by atomic mass is 9.77. The van der Waals surface area contributed by atoms with Crippen LogP contribution in [0, 0.1) is 0 Å². The highest BCUT2D eigenvalue weighted by molar-refractivity contribution is 5.38. The summed E-state index contributed by atoms with van der Waals surface area (Å²) in [6, 6.07) is 2.10. The van der Waals surface area contributed by atoms with Crippen LogP contribution >= 0.6 is 0 Å². The van der Waals surface area contributed by atoms with Crippen molar-refractivity contribution in [3.63, 3.8) is 0 Å². The summed E-state index contributed by atoms with van der Waals surface area (Å²) in [4.78, 5) is 4.64. The van der Waals surface area contributed by atoms with Crippen molar-refractivity contribution in [2.24, 2.45) is 0 Å². The van der Waals surface area contributed by atoms with Gasteiger partial charge in [0.05, 0.1) is 5.69 Å². The number of aromatic nitrogens is 4. The van der Waals surface area contributed by atoms with Crippen LogP contribution in [0.15, 0.2) is 18.7 Å². The van der Waals surface area contributed by atoms with Crippen molar-refractivity contribution >= 4 is 5.65 Å². The Hall–Kier alpha value is -1.45. The van der Waals surface area contributed by atoms with Crippen molar-refractivity contribution in [2.45, 2.75) is 64.7 Å². The van der Waals surface area contributed by atoms with Gasteiger partial charge in [-0.3, -0.25) is 4.40 Å². The van der Waals surface area contributed by atoms with E-state index in [1.54, 1.807) is 6.33 Å². The largest absolute Gasteiger partial charge is 0.272 e. The first-order valence-corrected chi connectivity index (χ1v) is 7.35. The molecule has 19 heavy (non-hydrogen) atoms. The molecule has 0 amide bonds. The lowest BCUT2D eigenvalue weighted by molar-refractivity contribution is 0.364. The summed E-state index contributed by atoms with van der Waals surface area (Å²) in [5.74, 6) is 0. The van der Waals surface area contributed by atoms with Gasteiger partial charge < -0.3 is 0 Å². The van der Waals surface area contributed by atoms with E-state index in [4.69, 9.17) is 0 Å². The minimum atomic E-state index is 0.166. The number of hydrogen-bond acceptors (Lipinski definition) is 3. The molecular weight excluding hydrogens is 236 g/mol. The Morgan fingerprint density at radius 2 is 1.79 bits per heavy atom. The average molecular weight is 260 g/mol. The van der Waals surface area contributed by atoms with Gasteiger partial charge in [0.25, 0.3) is 0 Å². The van der Waals surface area contributed by atoms with Crippen LogP contribution in [0.25, 0.3) is 5.65 Å². The first-order valence-electron chi connectivity index (χ1n) is 7.35. The van der Waals surface area contributed by atoms with Crippen LogP contribution in [0.2, 0.25) is 0 Å². The van der Waals surface area contributed by atoms with Gasteiger partial charge in [0.2, 0.25) is 0 Å². The molecule has 0 unspecified atom stereocenters. The predicted molar refractivity (Wildman–Crippen MR) is 77.2 cm³/mol. The van der Waals surface area contributed by atoms with Crippen LogP contribution < -0.4 is 0 Å². The normalized spacial score (nSPS) is 12.2. The Labute approximate surface area is 115 Å². The summed E-state index contributed by atoms with van der Waals surface area (Å²) < 4.78 is 1.86. The van der Waals surface area contributed by atoms with Crippen molar-refractivity contribution in [1.29, 1.82) is 0 Å². The second-order valence-corrected chi connectivity index (χ2v) is 5.64.